The van der Waals surface area contributed by atoms with Crippen molar-refractivity contribution in [1.82, 2.24) is 0 Å². The van der Waals surface area contributed by atoms with Gasteiger partial charge in [-0.05, 0) is 61.2 Å². The molecule has 0 unspecified atom stereocenters. The molecule has 0 fully saturated rings. The van der Waals surface area contributed by atoms with E-state index in [2.05, 4.69) is 41.0 Å². The van der Waals surface area contributed by atoms with E-state index in [1.165, 1.54) is 10.6 Å². The molecule has 0 spiro atoms. The quantitative estimate of drug-likeness (QED) is 0.348. The largest absolute Gasteiger partial charge is 0.376 e. The van der Waals surface area contributed by atoms with Gasteiger partial charge in [-0.2, -0.15) is 10.1 Å². The molecule has 4 rings (SSSR count). The van der Waals surface area contributed by atoms with E-state index in [4.69, 9.17) is 0 Å². The molecule has 3 N–H and O–H groups in total. The highest BCUT2D eigenvalue weighted by atomic mass is 16.2. The van der Waals surface area contributed by atoms with Crippen molar-refractivity contribution >= 4 is 40.3 Å². The smallest absolute Gasteiger partial charge is 0.282 e. The van der Waals surface area contributed by atoms with Gasteiger partial charge in [0.2, 0.25) is 5.91 Å². The minimum Gasteiger partial charge on any atom is -0.376 e. The lowest BCUT2D eigenvalue weighted by molar-refractivity contribution is -0.115. The van der Waals surface area contributed by atoms with Crippen LogP contribution in [0.15, 0.2) is 89.7 Å². The summed E-state index contributed by atoms with van der Waals surface area (Å²) in [7, 11) is 0. The van der Waals surface area contributed by atoms with E-state index >= 15 is 0 Å². The molecule has 1 heterocycles. The number of hydrogen-bond acceptors (Lipinski definition) is 5. The van der Waals surface area contributed by atoms with E-state index in [0.29, 0.717) is 22.7 Å². The van der Waals surface area contributed by atoms with Crippen LogP contribution < -0.4 is 21.0 Å². The van der Waals surface area contributed by atoms with Crippen LogP contribution in [0.5, 0.6) is 0 Å². The van der Waals surface area contributed by atoms with Crippen molar-refractivity contribution in [2.75, 3.05) is 27.5 Å². The van der Waals surface area contributed by atoms with Gasteiger partial charge in [-0.3, -0.25) is 9.59 Å². The lowest BCUT2D eigenvalue weighted by atomic mass is 10.1. The minimum atomic E-state index is -0.227. The first kappa shape index (κ1) is 24.7. The highest BCUT2D eigenvalue weighted by molar-refractivity contribution is 6.29. The fraction of sp³-hybridized carbons (Fsp3) is 0.207. The van der Waals surface area contributed by atoms with Crippen molar-refractivity contribution in [3.05, 3.63) is 95.7 Å². The zero-order valence-electron chi connectivity index (χ0n) is 20.8. The molecule has 0 saturated heterocycles. The second-order valence-corrected chi connectivity index (χ2v) is 8.48. The van der Waals surface area contributed by atoms with Gasteiger partial charge >= 0.3 is 0 Å². The predicted molar refractivity (Wildman–Crippen MR) is 148 cm³/mol. The average Bonchev–Trinajstić information content (AvgIpc) is 3.19. The summed E-state index contributed by atoms with van der Waals surface area (Å²) >= 11 is 0. The summed E-state index contributed by atoms with van der Waals surface area (Å²) in [5.74, 6) is -0.403. The monoisotopic (exact) mass is 481 g/mol. The van der Waals surface area contributed by atoms with Crippen molar-refractivity contribution in [2.45, 2.75) is 33.6 Å². The van der Waals surface area contributed by atoms with Crippen LogP contribution in [0.25, 0.3) is 0 Å². The number of benzene rings is 3. The number of anilines is 4. The van der Waals surface area contributed by atoms with Crippen molar-refractivity contribution in [1.29, 1.82) is 0 Å². The number of aryl methyl sites for hydroxylation is 2. The van der Waals surface area contributed by atoms with E-state index in [9.17, 15) is 9.59 Å². The molecule has 36 heavy (non-hydrogen) atoms. The summed E-state index contributed by atoms with van der Waals surface area (Å²) in [4.78, 5) is 25.7. The van der Waals surface area contributed by atoms with Gasteiger partial charge in [0.25, 0.3) is 5.91 Å². The number of nitrogens with zero attached hydrogens (tertiary/aromatic N) is 2. The third-order valence-corrected chi connectivity index (χ3v) is 6.04. The zero-order chi connectivity index (χ0) is 25.5. The van der Waals surface area contributed by atoms with Gasteiger partial charge in [0, 0.05) is 23.3 Å². The molecule has 7 nitrogen and oxygen atoms in total. The fourth-order valence-corrected chi connectivity index (χ4v) is 4.08. The van der Waals surface area contributed by atoms with Crippen LogP contribution >= 0.6 is 0 Å². The van der Waals surface area contributed by atoms with Crippen molar-refractivity contribution in [3.63, 3.8) is 0 Å². The summed E-state index contributed by atoms with van der Waals surface area (Å²) in [6.45, 7) is 6.12. The van der Waals surface area contributed by atoms with Gasteiger partial charge in [0.15, 0.2) is 0 Å². The summed E-state index contributed by atoms with van der Waals surface area (Å²) in [5.41, 5.74) is 6.53. The molecule has 184 valence electrons. The number of para-hydroxylation sites is 2. The first-order chi connectivity index (χ1) is 17.5. The van der Waals surface area contributed by atoms with Crippen LogP contribution in [0, 0.1) is 0 Å². The van der Waals surface area contributed by atoms with Gasteiger partial charge < -0.3 is 16.0 Å². The number of nitrogens with one attached hydrogen (secondary N) is 3. The zero-order valence-corrected chi connectivity index (χ0v) is 20.8. The van der Waals surface area contributed by atoms with Crippen molar-refractivity contribution in [3.8, 4) is 0 Å². The Labute approximate surface area is 211 Å². The molecule has 1 aliphatic rings. The molecule has 0 aliphatic carbocycles. The Bertz CT molecular complexity index is 1330. The number of carbonyl (C=O) groups excluding carboxylic acids is 2. The molecule has 0 atom stereocenters. The summed E-state index contributed by atoms with van der Waals surface area (Å²) in [6.07, 6.45) is 3.48. The Hall–Kier alpha value is -4.39. The van der Waals surface area contributed by atoms with Crippen LogP contribution in [-0.2, 0) is 22.4 Å². The fourth-order valence-electron chi connectivity index (χ4n) is 4.08. The minimum absolute atomic E-state index is 0.138. The molecule has 3 aromatic carbocycles. The Morgan fingerprint density at radius 1 is 0.917 bits per heavy atom. The third kappa shape index (κ3) is 5.63. The van der Waals surface area contributed by atoms with E-state index in [1.54, 1.807) is 30.5 Å². The molecule has 0 bridgehead atoms. The molecule has 7 heteroatoms. The Morgan fingerprint density at radius 2 is 1.58 bits per heavy atom. The average molecular weight is 482 g/mol. The van der Waals surface area contributed by atoms with E-state index < -0.39 is 0 Å². The van der Waals surface area contributed by atoms with Crippen LogP contribution in [0.1, 0.15) is 31.9 Å². The molecule has 0 aromatic heterocycles. The Balaban J connectivity index is 1.42. The Morgan fingerprint density at radius 3 is 2.31 bits per heavy atom. The van der Waals surface area contributed by atoms with Gasteiger partial charge in [0.1, 0.15) is 0 Å². The van der Waals surface area contributed by atoms with Gasteiger partial charge in [-0.1, -0.05) is 56.3 Å². The number of hydrazone groups is 1. The van der Waals surface area contributed by atoms with Crippen LogP contribution in [0.4, 0.5) is 22.7 Å². The normalized spacial score (nSPS) is 14.1. The van der Waals surface area contributed by atoms with Crippen LogP contribution in [0.3, 0.4) is 0 Å². The van der Waals surface area contributed by atoms with E-state index in [1.807, 2.05) is 49.4 Å². The first-order valence-corrected chi connectivity index (χ1v) is 12.2. The predicted octanol–water partition coefficient (Wildman–Crippen LogP) is 5.58. The molecule has 0 radical (unpaired) electrons. The summed E-state index contributed by atoms with van der Waals surface area (Å²) in [6, 6.07) is 23.1. The third-order valence-electron chi connectivity index (χ3n) is 6.04. The summed E-state index contributed by atoms with van der Waals surface area (Å²) in [5, 5.41) is 15.2. The van der Waals surface area contributed by atoms with Crippen LogP contribution in [0.2, 0.25) is 0 Å². The number of carbonyl (C=O) groups is 2. The number of rotatable bonds is 9. The second-order valence-electron chi connectivity index (χ2n) is 8.48. The molecule has 3 aromatic rings. The highest BCUT2D eigenvalue weighted by Gasteiger charge is 2.29. The molecular formula is C29H31N5O2. The lowest BCUT2D eigenvalue weighted by Crippen LogP contribution is -2.23. The molecular weight excluding hydrogens is 450 g/mol. The maximum Gasteiger partial charge on any atom is 0.282 e. The lowest BCUT2D eigenvalue weighted by Gasteiger charge is -2.14. The summed E-state index contributed by atoms with van der Waals surface area (Å²) < 4.78 is 0. The van der Waals surface area contributed by atoms with Crippen LogP contribution in [-0.4, -0.2) is 24.1 Å². The first-order valence-electron chi connectivity index (χ1n) is 12.2. The number of hydrogen-bond donors (Lipinski definition) is 3. The van der Waals surface area contributed by atoms with Gasteiger partial charge in [-0.25, -0.2) is 0 Å². The van der Waals surface area contributed by atoms with Crippen molar-refractivity contribution in [2.24, 2.45) is 5.10 Å². The van der Waals surface area contributed by atoms with E-state index in [0.717, 1.165) is 29.8 Å². The molecule has 2 amide bonds. The molecule has 1 aliphatic heterocycles. The number of amides is 2. The maximum absolute atomic E-state index is 13.2. The van der Waals surface area contributed by atoms with E-state index in [-0.39, 0.29) is 18.4 Å². The van der Waals surface area contributed by atoms with Gasteiger partial charge in [-0.15, -0.1) is 0 Å². The SMILES string of the molecule is CCc1ccccc1NC=C1C(=O)N(c2cccc(NC(=O)CNc3ccccc3CC)c2)N=C1C. The Kier molecular flexibility index (Phi) is 7.80. The maximum atomic E-state index is 13.2. The standard InChI is InChI=1S/C29H31N5O2/c1-4-21-11-6-8-15-26(21)30-18-25-20(3)33-34(29(25)36)24-14-10-13-23(17-24)32-28(35)19-31-27-16-9-7-12-22(27)5-2/h6-18,30-31H,4-5,19H2,1-3H3,(H,32,35). The topological polar surface area (TPSA) is 85.8 Å². The molecule has 0 saturated carbocycles. The highest BCUT2D eigenvalue weighted by Crippen LogP contribution is 2.26. The van der Waals surface area contributed by atoms with Gasteiger partial charge in [0.05, 0.1) is 23.5 Å². The second kappa shape index (κ2) is 11.4. The van der Waals surface area contributed by atoms with Crippen molar-refractivity contribution < 1.29 is 9.59 Å².